The minimum absolute atomic E-state index is 0.0290. The Morgan fingerprint density at radius 2 is 1.70 bits per heavy atom. The molecule has 118 valence electrons. The SMILES string of the molecule is O=C(c1cc2nccnc2cc1F)N1CCN(C(=O)C2CC2)C1. The molecule has 2 fully saturated rings. The number of hydrogen-bond donors (Lipinski definition) is 0. The fourth-order valence-electron chi connectivity index (χ4n) is 2.84. The molecule has 1 saturated heterocycles. The van der Waals surface area contributed by atoms with Crippen molar-refractivity contribution in [2.24, 2.45) is 5.92 Å². The van der Waals surface area contributed by atoms with Crippen LogP contribution in [0.1, 0.15) is 23.2 Å². The minimum Gasteiger partial charge on any atom is -0.323 e. The molecule has 7 heteroatoms. The molecule has 0 spiro atoms. The summed E-state index contributed by atoms with van der Waals surface area (Å²) < 4.78 is 14.2. The lowest BCUT2D eigenvalue weighted by Crippen LogP contribution is -2.35. The zero-order valence-corrected chi connectivity index (χ0v) is 12.4. The van der Waals surface area contributed by atoms with E-state index in [1.54, 1.807) is 4.90 Å². The van der Waals surface area contributed by atoms with Crippen molar-refractivity contribution in [1.29, 1.82) is 0 Å². The third-order valence-corrected chi connectivity index (χ3v) is 4.30. The molecule has 2 amide bonds. The van der Waals surface area contributed by atoms with E-state index in [4.69, 9.17) is 0 Å². The van der Waals surface area contributed by atoms with E-state index in [2.05, 4.69) is 9.97 Å². The molecule has 2 aliphatic rings. The lowest BCUT2D eigenvalue weighted by molar-refractivity contribution is -0.131. The normalized spacial score (nSPS) is 17.8. The van der Waals surface area contributed by atoms with Crippen LogP contribution in [0.25, 0.3) is 11.0 Å². The van der Waals surface area contributed by atoms with Gasteiger partial charge in [0, 0.05) is 37.5 Å². The molecule has 0 bridgehead atoms. The Morgan fingerprint density at radius 3 is 2.39 bits per heavy atom. The molecular weight excluding hydrogens is 299 g/mol. The zero-order chi connectivity index (χ0) is 16.0. The molecule has 1 aromatic carbocycles. The number of carbonyl (C=O) groups excluding carboxylic acids is 2. The maximum atomic E-state index is 14.2. The van der Waals surface area contributed by atoms with Crippen LogP contribution in [0.3, 0.4) is 0 Å². The van der Waals surface area contributed by atoms with Crippen LogP contribution >= 0.6 is 0 Å². The van der Waals surface area contributed by atoms with Crippen LogP contribution in [0.15, 0.2) is 24.5 Å². The van der Waals surface area contributed by atoms with Gasteiger partial charge in [0.1, 0.15) is 5.82 Å². The maximum absolute atomic E-state index is 14.2. The van der Waals surface area contributed by atoms with Crippen molar-refractivity contribution in [1.82, 2.24) is 19.8 Å². The van der Waals surface area contributed by atoms with Gasteiger partial charge in [-0.2, -0.15) is 0 Å². The smallest absolute Gasteiger partial charge is 0.258 e. The molecule has 0 atom stereocenters. The van der Waals surface area contributed by atoms with Crippen LogP contribution < -0.4 is 0 Å². The van der Waals surface area contributed by atoms with Gasteiger partial charge >= 0.3 is 0 Å². The summed E-state index contributed by atoms with van der Waals surface area (Å²) in [5.74, 6) is -0.806. The van der Waals surface area contributed by atoms with Gasteiger partial charge in [-0.3, -0.25) is 19.6 Å². The highest BCUT2D eigenvalue weighted by atomic mass is 19.1. The Morgan fingerprint density at radius 1 is 1.04 bits per heavy atom. The fourth-order valence-corrected chi connectivity index (χ4v) is 2.84. The largest absolute Gasteiger partial charge is 0.323 e. The van der Waals surface area contributed by atoms with Crippen molar-refractivity contribution >= 4 is 22.8 Å². The zero-order valence-electron chi connectivity index (χ0n) is 12.4. The highest BCUT2D eigenvalue weighted by Gasteiger charge is 2.37. The molecule has 1 aromatic heterocycles. The molecule has 4 rings (SSSR count). The van der Waals surface area contributed by atoms with Gasteiger partial charge in [0.25, 0.3) is 5.91 Å². The quantitative estimate of drug-likeness (QED) is 0.841. The second-order valence-corrected chi connectivity index (χ2v) is 5.96. The summed E-state index contributed by atoms with van der Waals surface area (Å²) in [5, 5.41) is 0. The molecule has 0 N–H and O–H groups in total. The van der Waals surface area contributed by atoms with Gasteiger partial charge in [-0.1, -0.05) is 0 Å². The number of rotatable bonds is 2. The molecule has 2 heterocycles. The van der Waals surface area contributed by atoms with Gasteiger partial charge in [-0.15, -0.1) is 0 Å². The van der Waals surface area contributed by atoms with Crippen molar-refractivity contribution in [3.05, 3.63) is 35.9 Å². The van der Waals surface area contributed by atoms with Gasteiger partial charge in [0.2, 0.25) is 5.91 Å². The molecular formula is C16H15FN4O2. The number of aromatic nitrogens is 2. The summed E-state index contributed by atoms with van der Waals surface area (Å²) in [6, 6.07) is 2.64. The van der Waals surface area contributed by atoms with Crippen LogP contribution in [-0.2, 0) is 4.79 Å². The number of benzene rings is 1. The van der Waals surface area contributed by atoms with Crippen molar-refractivity contribution in [3.63, 3.8) is 0 Å². The second-order valence-electron chi connectivity index (χ2n) is 5.96. The third kappa shape index (κ3) is 2.52. The predicted octanol–water partition coefficient (Wildman–Crippen LogP) is 1.42. The number of fused-ring (bicyclic) bond motifs is 1. The minimum atomic E-state index is -0.616. The summed E-state index contributed by atoms with van der Waals surface area (Å²) in [6.45, 7) is 1.16. The highest BCUT2D eigenvalue weighted by Crippen LogP contribution is 2.32. The first kappa shape index (κ1) is 14.0. The van der Waals surface area contributed by atoms with E-state index in [0.717, 1.165) is 12.8 Å². The molecule has 1 saturated carbocycles. The van der Waals surface area contributed by atoms with Gasteiger partial charge in [0.15, 0.2) is 0 Å². The van der Waals surface area contributed by atoms with Crippen molar-refractivity contribution in [2.75, 3.05) is 19.8 Å². The molecule has 0 radical (unpaired) electrons. The molecule has 1 aliphatic carbocycles. The first-order valence-electron chi connectivity index (χ1n) is 7.62. The summed E-state index contributed by atoms with van der Waals surface area (Å²) in [4.78, 5) is 35.9. The average molecular weight is 314 g/mol. The van der Waals surface area contributed by atoms with Gasteiger partial charge in [-0.25, -0.2) is 4.39 Å². The van der Waals surface area contributed by atoms with E-state index in [1.807, 2.05) is 0 Å². The number of carbonyl (C=O) groups is 2. The Hall–Kier alpha value is -2.57. The van der Waals surface area contributed by atoms with E-state index >= 15 is 0 Å². The van der Waals surface area contributed by atoms with E-state index in [1.165, 1.54) is 29.4 Å². The topological polar surface area (TPSA) is 66.4 Å². The van der Waals surface area contributed by atoms with E-state index in [-0.39, 0.29) is 24.1 Å². The first-order chi connectivity index (χ1) is 11.1. The maximum Gasteiger partial charge on any atom is 0.258 e. The van der Waals surface area contributed by atoms with Crippen molar-refractivity contribution in [2.45, 2.75) is 12.8 Å². The van der Waals surface area contributed by atoms with Crippen LogP contribution in [0.4, 0.5) is 4.39 Å². The lowest BCUT2D eigenvalue weighted by Gasteiger charge is -2.18. The lowest BCUT2D eigenvalue weighted by atomic mass is 10.1. The molecule has 1 aliphatic heterocycles. The molecule has 6 nitrogen and oxygen atoms in total. The molecule has 0 unspecified atom stereocenters. The monoisotopic (exact) mass is 314 g/mol. The number of amides is 2. The number of halogens is 1. The third-order valence-electron chi connectivity index (χ3n) is 4.30. The Kier molecular flexibility index (Phi) is 3.21. The first-order valence-corrected chi connectivity index (χ1v) is 7.62. The van der Waals surface area contributed by atoms with Gasteiger partial charge < -0.3 is 9.80 Å². The van der Waals surface area contributed by atoms with E-state index < -0.39 is 11.7 Å². The van der Waals surface area contributed by atoms with E-state index in [0.29, 0.717) is 24.1 Å². The predicted molar refractivity (Wildman–Crippen MR) is 79.8 cm³/mol. The van der Waals surface area contributed by atoms with Gasteiger partial charge in [0.05, 0.1) is 23.3 Å². The average Bonchev–Trinajstić information content (AvgIpc) is 3.29. The Balaban J connectivity index is 1.57. The Labute approximate surface area is 131 Å². The van der Waals surface area contributed by atoms with Crippen LogP contribution in [0.5, 0.6) is 0 Å². The van der Waals surface area contributed by atoms with Crippen molar-refractivity contribution < 1.29 is 14.0 Å². The Bertz CT molecular complexity index is 806. The molecule has 23 heavy (non-hydrogen) atoms. The summed E-state index contributed by atoms with van der Waals surface area (Å²) >= 11 is 0. The number of hydrogen-bond acceptors (Lipinski definition) is 4. The summed E-state index contributed by atoms with van der Waals surface area (Å²) in [7, 11) is 0. The number of nitrogens with zero attached hydrogens (tertiary/aromatic N) is 4. The van der Waals surface area contributed by atoms with Crippen LogP contribution in [0, 0.1) is 11.7 Å². The summed E-state index contributed by atoms with van der Waals surface area (Å²) in [5.41, 5.74) is 0.856. The summed E-state index contributed by atoms with van der Waals surface area (Å²) in [6.07, 6.45) is 4.84. The van der Waals surface area contributed by atoms with Crippen molar-refractivity contribution in [3.8, 4) is 0 Å². The molecule has 2 aromatic rings. The second kappa shape index (κ2) is 5.26. The standard InChI is InChI=1S/C16H15FN4O2/c17-12-8-14-13(18-3-4-19-14)7-11(12)16(23)21-6-5-20(9-21)15(22)10-1-2-10/h3-4,7-8,10H,1-2,5-6,9H2. The van der Waals surface area contributed by atoms with Crippen LogP contribution in [0.2, 0.25) is 0 Å². The highest BCUT2D eigenvalue weighted by molar-refractivity contribution is 5.98. The van der Waals surface area contributed by atoms with Crippen LogP contribution in [-0.4, -0.2) is 51.3 Å². The fraction of sp³-hybridized carbons (Fsp3) is 0.375. The van der Waals surface area contributed by atoms with Gasteiger partial charge in [-0.05, 0) is 18.9 Å². The van der Waals surface area contributed by atoms with E-state index in [9.17, 15) is 14.0 Å².